The summed E-state index contributed by atoms with van der Waals surface area (Å²) in [6, 6.07) is 25.9. The SMILES string of the molecule is Cc1cccc(CNc2nc(-c3nnc(-c4ccccc4)o3)nc3ccccc23)c1. The molecule has 6 nitrogen and oxygen atoms in total. The number of benzene rings is 3. The fourth-order valence-corrected chi connectivity index (χ4v) is 3.33. The monoisotopic (exact) mass is 393 g/mol. The Hall–Kier alpha value is -4.06. The van der Waals surface area contributed by atoms with E-state index in [0.29, 0.717) is 24.2 Å². The van der Waals surface area contributed by atoms with Crippen LogP contribution in [0.2, 0.25) is 0 Å². The van der Waals surface area contributed by atoms with Crippen LogP contribution < -0.4 is 5.32 Å². The minimum absolute atomic E-state index is 0.290. The number of hydrogen-bond acceptors (Lipinski definition) is 6. The molecule has 3 aromatic carbocycles. The van der Waals surface area contributed by atoms with Gasteiger partial charge >= 0.3 is 0 Å². The summed E-state index contributed by atoms with van der Waals surface area (Å²) in [5, 5.41) is 12.7. The van der Waals surface area contributed by atoms with E-state index in [1.807, 2.05) is 54.6 Å². The van der Waals surface area contributed by atoms with E-state index in [1.54, 1.807) is 0 Å². The van der Waals surface area contributed by atoms with E-state index in [2.05, 4.69) is 51.7 Å². The van der Waals surface area contributed by atoms with Crippen LogP contribution in [0, 0.1) is 6.92 Å². The molecule has 5 aromatic rings. The maximum absolute atomic E-state index is 5.86. The lowest BCUT2D eigenvalue weighted by atomic mass is 10.1. The third-order valence-corrected chi connectivity index (χ3v) is 4.78. The lowest BCUT2D eigenvalue weighted by Crippen LogP contribution is -2.04. The summed E-state index contributed by atoms with van der Waals surface area (Å²) >= 11 is 0. The lowest BCUT2D eigenvalue weighted by Gasteiger charge is -2.10. The molecule has 0 saturated carbocycles. The van der Waals surface area contributed by atoms with E-state index < -0.39 is 0 Å². The fraction of sp³-hybridized carbons (Fsp3) is 0.0833. The standard InChI is InChI=1S/C24H19N5O/c1-16-8-7-9-17(14-16)15-25-21-19-12-5-6-13-20(19)26-22(27-21)24-29-28-23(30-24)18-10-3-2-4-11-18/h2-14H,15H2,1H3,(H,25,26,27). The summed E-state index contributed by atoms with van der Waals surface area (Å²) in [6.45, 7) is 2.74. The zero-order chi connectivity index (χ0) is 20.3. The largest absolute Gasteiger partial charge is 0.413 e. The first-order chi connectivity index (χ1) is 14.8. The second kappa shape index (κ2) is 7.75. The Bertz CT molecular complexity index is 1310. The van der Waals surface area contributed by atoms with Gasteiger partial charge in [0.05, 0.1) is 5.52 Å². The average molecular weight is 393 g/mol. The van der Waals surface area contributed by atoms with E-state index >= 15 is 0 Å². The number of rotatable bonds is 5. The van der Waals surface area contributed by atoms with Crippen LogP contribution >= 0.6 is 0 Å². The lowest BCUT2D eigenvalue weighted by molar-refractivity contribution is 0.579. The number of para-hydroxylation sites is 1. The van der Waals surface area contributed by atoms with Crippen LogP contribution in [-0.4, -0.2) is 20.2 Å². The Kier molecular flexibility index (Phi) is 4.65. The Morgan fingerprint density at radius 1 is 0.800 bits per heavy atom. The van der Waals surface area contributed by atoms with Crippen LogP contribution in [0.15, 0.2) is 83.3 Å². The van der Waals surface area contributed by atoms with Gasteiger partial charge in [-0.15, -0.1) is 10.2 Å². The van der Waals surface area contributed by atoms with Gasteiger partial charge < -0.3 is 9.73 Å². The van der Waals surface area contributed by atoms with Crippen molar-refractivity contribution in [2.45, 2.75) is 13.5 Å². The number of nitrogens with zero attached hydrogens (tertiary/aromatic N) is 4. The van der Waals surface area contributed by atoms with E-state index in [4.69, 9.17) is 9.40 Å². The van der Waals surface area contributed by atoms with Gasteiger partial charge in [0.1, 0.15) is 5.82 Å². The van der Waals surface area contributed by atoms with Gasteiger partial charge in [0.15, 0.2) is 0 Å². The molecule has 6 heteroatoms. The van der Waals surface area contributed by atoms with Crippen LogP contribution in [0.5, 0.6) is 0 Å². The van der Waals surface area contributed by atoms with Crippen molar-refractivity contribution in [3.8, 4) is 23.2 Å². The molecule has 0 aliphatic rings. The van der Waals surface area contributed by atoms with Gasteiger partial charge in [-0.3, -0.25) is 0 Å². The average Bonchev–Trinajstić information content (AvgIpc) is 3.28. The predicted molar refractivity (Wildman–Crippen MR) is 117 cm³/mol. The summed E-state index contributed by atoms with van der Waals surface area (Å²) in [4.78, 5) is 9.33. The molecule has 2 aromatic heterocycles. The van der Waals surface area contributed by atoms with E-state index in [0.717, 1.165) is 22.3 Å². The molecule has 1 N–H and O–H groups in total. The van der Waals surface area contributed by atoms with Crippen LogP contribution in [0.1, 0.15) is 11.1 Å². The molecule has 0 radical (unpaired) electrons. The number of anilines is 1. The van der Waals surface area contributed by atoms with Crippen molar-refractivity contribution in [2.75, 3.05) is 5.32 Å². The molecule has 146 valence electrons. The number of aryl methyl sites for hydroxylation is 1. The van der Waals surface area contributed by atoms with E-state index in [9.17, 15) is 0 Å². The molecule has 0 fully saturated rings. The normalized spacial score (nSPS) is 11.0. The molecule has 0 spiro atoms. The molecule has 0 amide bonds. The summed E-state index contributed by atoms with van der Waals surface area (Å²) in [7, 11) is 0. The van der Waals surface area contributed by atoms with Crippen molar-refractivity contribution in [3.63, 3.8) is 0 Å². The van der Waals surface area contributed by atoms with Crippen LogP contribution in [0.3, 0.4) is 0 Å². The Morgan fingerprint density at radius 3 is 2.47 bits per heavy atom. The van der Waals surface area contributed by atoms with Crippen molar-refractivity contribution < 1.29 is 4.42 Å². The molecule has 30 heavy (non-hydrogen) atoms. The molecule has 0 bridgehead atoms. The molecule has 0 saturated heterocycles. The van der Waals surface area contributed by atoms with Crippen molar-refractivity contribution in [2.24, 2.45) is 0 Å². The minimum atomic E-state index is 0.290. The van der Waals surface area contributed by atoms with Crippen LogP contribution in [-0.2, 0) is 6.54 Å². The Labute approximate surface area is 173 Å². The molecule has 5 rings (SSSR count). The van der Waals surface area contributed by atoms with Gasteiger partial charge in [0.2, 0.25) is 11.7 Å². The second-order valence-corrected chi connectivity index (χ2v) is 7.03. The van der Waals surface area contributed by atoms with Crippen LogP contribution in [0.4, 0.5) is 5.82 Å². The van der Waals surface area contributed by atoms with Crippen molar-refractivity contribution in [1.29, 1.82) is 0 Å². The summed E-state index contributed by atoms with van der Waals surface area (Å²) in [6.07, 6.45) is 0. The maximum atomic E-state index is 5.86. The zero-order valence-electron chi connectivity index (χ0n) is 16.4. The first-order valence-corrected chi connectivity index (χ1v) is 9.72. The summed E-state index contributed by atoms with van der Waals surface area (Å²) in [5.41, 5.74) is 4.08. The highest BCUT2D eigenvalue weighted by Crippen LogP contribution is 2.26. The van der Waals surface area contributed by atoms with Gasteiger partial charge in [-0.25, -0.2) is 9.97 Å². The predicted octanol–water partition coefficient (Wildman–Crippen LogP) is 5.27. The molecule has 2 heterocycles. The summed E-state index contributed by atoms with van der Waals surface area (Å²) in [5.74, 6) is 1.86. The zero-order valence-corrected chi connectivity index (χ0v) is 16.4. The van der Waals surface area contributed by atoms with E-state index in [-0.39, 0.29) is 0 Å². The van der Waals surface area contributed by atoms with Gasteiger partial charge in [-0.2, -0.15) is 0 Å². The van der Waals surface area contributed by atoms with Gasteiger partial charge in [-0.1, -0.05) is 60.2 Å². The van der Waals surface area contributed by atoms with Crippen molar-refractivity contribution in [1.82, 2.24) is 20.2 Å². The van der Waals surface area contributed by atoms with Crippen molar-refractivity contribution >= 4 is 16.7 Å². The van der Waals surface area contributed by atoms with Gasteiger partial charge in [0.25, 0.3) is 5.89 Å². The molecular formula is C24H19N5O. The summed E-state index contributed by atoms with van der Waals surface area (Å²) < 4.78 is 5.86. The Morgan fingerprint density at radius 2 is 1.60 bits per heavy atom. The number of nitrogens with one attached hydrogen (secondary N) is 1. The third kappa shape index (κ3) is 3.63. The maximum Gasteiger partial charge on any atom is 0.286 e. The van der Waals surface area contributed by atoms with Gasteiger partial charge in [-0.05, 0) is 36.8 Å². The Balaban J connectivity index is 1.51. The quantitative estimate of drug-likeness (QED) is 0.438. The first-order valence-electron chi connectivity index (χ1n) is 9.72. The van der Waals surface area contributed by atoms with E-state index in [1.165, 1.54) is 11.1 Å². The molecule has 0 unspecified atom stereocenters. The number of fused-ring (bicyclic) bond motifs is 1. The number of aromatic nitrogens is 4. The number of hydrogen-bond donors (Lipinski definition) is 1. The molecule has 0 aliphatic heterocycles. The molecule has 0 atom stereocenters. The third-order valence-electron chi connectivity index (χ3n) is 4.78. The minimum Gasteiger partial charge on any atom is -0.413 e. The highest BCUT2D eigenvalue weighted by atomic mass is 16.4. The highest BCUT2D eigenvalue weighted by Gasteiger charge is 2.16. The van der Waals surface area contributed by atoms with Crippen molar-refractivity contribution in [3.05, 3.63) is 90.0 Å². The fourth-order valence-electron chi connectivity index (χ4n) is 3.33. The molecular weight excluding hydrogens is 374 g/mol. The van der Waals surface area contributed by atoms with Gasteiger partial charge in [0, 0.05) is 17.5 Å². The second-order valence-electron chi connectivity index (χ2n) is 7.03. The topological polar surface area (TPSA) is 76.7 Å². The molecule has 0 aliphatic carbocycles. The first kappa shape index (κ1) is 18.0. The highest BCUT2D eigenvalue weighted by molar-refractivity contribution is 5.90. The van der Waals surface area contributed by atoms with Crippen LogP contribution in [0.25, 0.3) is 34.1 Å². The smallest absolute Gasteiger partial charge is 0.286 e.